The molecule has 6 aromatic rings. The highest BCUT2D eigenvalue weighted by molar-refractivity contribution is 5.94. The highest BCUT2D eigenvalue weighted by atomic mass is 15.0. The summed E-state index contributed by atoms with van der Waals surface area (Å²) in [5.41, 5.74) is 12.5. The maximum absolute atomic E-state index is 3.39. The Bertz CT molecular complexity index is 1760. The summed E-state index contributed by atoms with van der Waals surface area (Å²) in [6, 6.07) is 35.2. The van der Waals surface area contributed by atoms with Crippen LogP contribution < -0.4 is 10.6 Å². The quantitative estimate of drug-likeness (QED) is 0.271. The summed E-state index contributed by atoms with van der Waals surface area (Å²) in [6.07, 6.45) is 8.47. The first kappa shape index (κ1) is 21.2. The molecule has 0 saturated heterocycles. The van der Waals surface area contributed by atoms with Crippen LogP contribution in [0.15, 0.2) is 109 Å². The molecule has 0 fully saturated rings. The van der Waals surface area contributed by atoms with E-state index in [-0.39, 0.29) is 0 Å². The van der Waals surface area contributed by atoms with Gasteiger partial charge in [-0.05, 0) is 72.1 Å². The van der Waals surface area contributed by atoms with Crippen LogP contribution in [0.2, 0.25) is 0 Å². The van der Waals surface area contributed by atoms with Gasteiger partial charge in [-0.2, -0.15) is 0 Å². The Morgan fingerprint density at radius 1 is 0.474 bits per heavy atom. The summed E-state index contributed by atoms with van der Waals surface area (Å²) < 4.78 is 4.77. The number of fused-ring (bicyclic) bond motifs is 6. The summed E-state index contributed by atoms with van der Waals surface area (Å²) in [6.45, 7) is 1.65. The van der Waals surface area contributed by atoms with Gasteiger partial charge in [-0.1, -0.05) is 60.7 Å². The van der Waals surface area contributed by atoms with Crippen LogP contribution in [-0.4, -0.2) is 9.13 Å². The van der Waals surface area contributed by atoms with Gasteiger partial charge < -0.3 is 19.8 Å². The third kappa shape index (κ3) is 3.10. The second kappa shape index (κ2) is 8.29. The lowest BCUT2D eigenvalue weighted by atomic mass is 10.0. The van der Waals surface area contributed by atoms with E-state index in [1.54, 1.807) is 0 Å². The molecule has 0 saturated carbocycles. The highest BCUT2D eigenvalue weighted by Crippen LogP contribution is 2.34. The monoisotopic (exact) mass is 490 g/mol. The molecule has 0 amide bonds. The van der Waals surface area contributed by atoms with Crippen molar-refractivity contribution in [2.24, 2.45) is 0 Å². The van der Waals surface area contributed by atoms with E-state index in [4.69, 9.17) is 0 Å². The number of hydrogen-bond acceptors (Lipinski definition) is 2. The zero-order chi connectivity index (χ0) is 25.1. The van der Waals surface area contributed by atoms with Crippen molar-refractivity contribution in [2.75, 3.05) is 0 Å². The van der Waals surface area contributed by atoms with E-state index >= 15 is 0 Å². The second-order valence-corrected chi connectivity index (χ2v) is 9.95. The fraction of sp³-hybridized carbons (Fsp3) is 0.0588. The normalized spacial score (nSPS) is 13.8. The number of hydrogen-bond donors (Lipinski definition) is 2. The molecule has 4 heteroatoms. The third-order valence-corrected chi connectivity index (χ3v) is 7.89. The average Bonchev–Trinajstić information content (AvgIpc) is 3.51. The number of benzene rings is 4. The lowest BCUT2D eigenvalue weighted by Crippen LogP contribution is -2.13. The van der Waals surface area contributed by atoms with E-state index in [2.05, 4.69) is 129 Å². The molecule has 2 aliphatic heterocycles. The first-order valence-corrected chi connectivity index (χ1v) is 13.1. The average molecular weight is 491 g/mol. The van der Waals surface area contributed by atoms with E-state index in [1.165, 1.54) is 66.8 Å². The molecule has 0 bridgehead atoms. The summed E-state index contributed by atoms with van der Waals surface area (Å²) >= 11 is 0. The van der Waals surface area contributed by atoms with Gasteiger partial charge in [0.25, 0.3) is 0 Å². The van der Waals surface area contributed by atoms with Crippen molar-refractivity contribution in [1.29, 1.82) is 0 Å². The molecule has 0 atom stereocenters. The molecule has 8 rings (SSSR count). The van der Waals surface area contributed by atoms with Gasteiger partial charge in [-0.25, -0.2) is 0 Å². The van der Waals surface area contributed by atoms with Gasteiger partial charge in [-0.15, -0.1) is 0 Å². The molecule has 0 unspecified atom stereocenters. The van der Waals surface area contributed by atoms with E-state index in [0.29, 0.717) is 0 Å². The molecular weight excluding hydrogens is 464 g/mol. The molecule has 38 heavy (non-hydrogen) atoms. The minimum atomic E-state index is 0.826. The minimum Gasteiger partial charge on any atom is -0.385 e. The smallest absolute Gasteiger partial charge is 0.0558 e. The number of nitrogens with zero attached hydrogens (tertiary/aromatic N) is 2. The fourth-order valence-corrected chi connectivity index (χ4v) is 6.15. The molecule has 0 radical (unpaired) electrons. The van der Waals surface area contributed by atoms with E-state index in [9.17, 15) is 0 Å². The number of para-hydroxylation sites is 2. The molecule has 4 nitrogen and oxygen atoms in total. The Morgan fingerprint density at radius 3 is 1.34 bits per heavy atom. The fourth-order valence-electron chi connectivity index (χ4n) is 6.15. The Labute approximate surface area is 221 Å². The van der Waals surface area contributed by atoms with Crippen molar-refractivity contribution in [3.63, 3.8) is 0 Å². The van der Waals surface area contributed by atoms with Crippen molar-refractivity contribution in [3.05, 3.63) is 132 Å². The SMILES string of the molecule is C1=Cc2c(n(-c3ccc(-c4ccc(-n5c6c(c7ccccc75)C=CNC6)cc4)cc3)c3ccccc23)CN1. The molecule has 4 aromatic carbocycles. The molecule has 0 spiro atoms. The van der Waals surface area contributed by atoms with E-state index in [0.717, 1.165) is 13.1 Å². The first-order chi connectivity index (χ1) is 18.9. The molecule has 4 heterocycles. The Morgan fingerprint density at radius 2 is 0.895 bits per heavy atom. The van der Waals surface area contributed by atoms with Gasteiger partial charge in [-0.3, -0.25) is 0 Å². The van der Waals surface area contributed by atoms with Crippen LogP contribution in [0.4, 0.5) is 0 Å². The Balaban J connectivity index is 1.17. The zero-order valence-corrected chi connectivity index (χ0v) is 20.9. The van der Waals surface area contributed by atoms with Crippen molar-refractivity contribution >= 4 is 34.0 Å². The summed E-state index contributed by atoms with van der Waals surface area (Å²) in [5.74, 6) is 0. The highest BCUT2D eigenvalue weighted by Gasteiger charge is 2.19. The number of rotatable bonds is 3. The van der Waals surface area contributed by atoms with Gasteiger partial charge in [0.05, 0.1) is 35.5 Å². The maximum atomic E-state index is 3.39. The molecule has 182 valence electrons. The molecular formula is C34H26N4. The van der Waals surface area contributed by atoms with Crippen molar-refractivity contribution in [1.82, 2.24) is 19.8 Å². The van der Waals surface area contributed by atoms with Crippen LogP contribution in [0, 0.1) is 0 Å². The predicted molar refractivity (Wildman–Crippen MR) is 157 cm³/mol. The van der Waals surface area contributed by atoms with Gasteiger partial charge in [0.15, 0.2) is 0 Å². The van der Waals surface area contributed by atoms with Crippen molar-refractivity contribution < 1.29 is 0 Å². The Hall–Kier alpha value is -4.96. The van der Waals surface area contributed by atoms with Crippen LogP contribution >= 0.6 is 0 Å². The van der Waals surface area contributed by atoms with Gasteiger partial charge >= 0.3 is 0 Å². The standard InChI is InChI=1S/C34H26N4/c1-3-7-31-27(5-1)29-17-19-35-21-33(29)37(31)25-13-9-23(10-14-25)24-11-15-26(16-12-24)38-32-8-4-2-6-28(32)30-18-20-36-22-34(30)38/h1-20,35-36H,21-22H2. The van der Waals surface area contributed by atoms with Crippen LogP contribution in [-0.2, 0) is 13.1 Å². The summed E-state index contributed by atoms with van der Waals surface area (Å²) in [4.78, 5) is 0. The zero-order valence-electron chi connectivity index (χ0n) is 20.9. The summed E-state index contributed by atoms with van der Waals surface area (Å²) in [5, 5.41) is 9.36. The lowest BCUT2D eigenvalue weighted by Gasteiger charge is -2.16. The lowest BCUT2D eigenvalue weighted by molar-refractivity contribution is 0.803. The van der Waals surface area contributed by atoms with Crippen LogP contribution in [0.25, 0.3) is 56.5 Å². The molecule has 2 N–H and O–H groups in total. The second-order valence-electron chi connectivity index (χ2n) is 9.95. The van der Waals surface area contributed by atoms with Crippen LogP contribution in [0.1, 0.15) is 22.5 Å². The number of aromatic nitrogens is 2. The predicted octanol–water partition coefficient (Wildman–Crippen LogP) is 7.39. The van der Waals surface area contributed by atoms with E-state index < -0.39 is 0 Å². The van der Waals surface area contributed by atoms with Crippen molar-refractivity contribution in [3.8, 4) is 22.5 Å². The summed E-state index contributed by atoms with van der Waals surface area (Å²) in [7, 11) is 0. The van der Waals surface area contributed by atoms with Crippen LogP contribution in [0.5, 0.6) is 0 Å². The molecule has 2 aromatic heterocycles. The Kier molecular flexibility index (Phi) is 4.61. The van der Waals surface area contributed by atoms with Gasteiger partial charge in [0.1, 0.15) is 0 Å². The maximum Gasteiger partial charge on any atom is 0.0558 e. The topological polar surface area (TPSA) is 33.9 Å². The molecule has 0 aliphatic carbocycles. The third-order valence-electron chi connectivity index (χ3n) is 7.89. The van der Waals surface area contributed by atoms with Crippen molar-refractivity contribution in [2.45, 2.75) is 13.1 Å². The van der Waals surface area contributed by atoms with Gasteiger partial charge in [0.2, 0.25) is 0 Å². The first-order valence-electron chi connectivity index (χ1n) is 13.1. The van der Waals surface area contributed by atoms with Gasteiger partial charge in [0, 0.05) is 33.3 Å². The largest absolute Gasteiger partial charge is 0.385 e. The number of nitrogens with one attached hydrogen (secondary N) is 2. The van der Waals surface area contributed by atoms with Crippen LogP contribution in [0.3, 0.4) is 0 Å². The molecule has 2 aliphatic rings. The minimum absolute atomic E-state index is 0.826. The van der Waals surface area contributed by atoms with E-state index in [1.807, 2.05) is 12.4 Å².